The lowest BCUT2D eigenvalue weighted by molar-refractivity contribution is -0.134. The number of nitrogens with two attached hydrogens (primary N) is 1. The molecule has 0 rings (SSSR count). The van der Waals surface area contributed by atoms with Crippen LogP contribution in [0.2, 0.25) is 0 Å². The highest BCUT2D eigenvalue weighted by atomic mass is 16.2. The molecule has 0 aromatic carbocycles. The van der Waals surface area contributed by atoms with Crippen LogP contribution in [-0.4, -0.2) is 29.9 Å². The van der Waals surface area contributed by atoms with Crippen LogP contribution in [-0.2, 0) is 4.79 Å². The van der Waals surface area contributed by atoms with E-state index in [0.29, 0.717) is 13.1 Å². The van der Waals surface area contributed by atoms with Crippen molar-refractivity contribution in [3.63, 3.8) is 0 Å². The van der Waals surface area contributed by atoms with Gasteiger partial charge in [-0.15, -0.1) is 6.42 Å². The number of hydrogen-bond acceptors (Lipinski definition) is 2. The van der Waals surface area contributed by atoms with E-state index in [9.17, 15) is 4.79 Å². The molecule has 0 fully saturated rings. The highest BCUT2D eigenvalue weighted by Crippen LogP contribution is 2.19. The number of carbonyl (C=O) groups excluding carboxylic acids is 1. The maximum Gasteiger partial charge on any atom is 0.240 e. The number of hydrogen-bond donors (Lipinski definition) is 1. The quantitative estimate of drug-likeness (QED) is 0.709. The molecule has 0 aliphatic heterocycles. The van der Waals surface area contributed by atoms with Crippen LogP contribution in [0.3, 0.4) is 0 Å². The Hall–Kier alpha value is -1.01. The standard InChI is InChI=1S/C12H22N2O/c1-6-8-14(9-7-2)11(15)10(13)12(3,4)5/h1,10H,7-9,13H2,2-5H3/t10-/m0/s1. The minimum atomic E-state index is -0.489. The molecule has 0 saturated carbocycles. The zero-order chi connectivity index (χ0) is 12.1. The molecule has 0 aliphatic carbocycles. The molecule has 0 aromatic heterocycles. The zero-order valence-corrected chi connectivity index (χ0v) is 10.2. The second-order valence-corrected chi connectivity index (χ2v) is 4.81. The minimum absolute atomic E-state index is 0.0534. The molecule has 3 nitrogen and oxygen atoms in total. The van der Waals surface area contributed by atoms with Crippen LogP contribution in [0.25, 0.3) is 0 Å². The Morgan fingerprint density at radius 2 is 2.07 bits per heavy atom. The molecular formula is C12H22N2O. The average Bonchev–Trinajstić information content (AvgIpc) is 2.14. The number of rotatable bonds is 4. The third-order valence-corrected chi connectivity index (χ3v) is 2.29. The first-order chi connectivity index (χ1) is 6.84. The van der Waals surface area contributed by atoms with Crippen LogP contribution in [0.15, 0.2) is 0 Å². The van der Waals surface area contributed by atoms with Crippen molar-refractivity contribution >= 4 is 5.91 Å². The molecule has 0 saturated heterocycles. The monoisotopic (exact) mass is 210 g/mol. The van der Waals surface area contributed by atoms with E-state index in [1.807, 2.05) is 27.7 Å². The molecule has 1 atom stereocenters. The van der Waals surface area contributed by atoms with Crippen molar-refractivity contribution in [1.29, 1.82) is 0 Å². The molecule has 2 N–H and O–H groups in total. The van der Waals surface area contributed by atoms with E-state index >= 15 is 0 Å². The van der Waals surface area contributed by atoms with Gasteiger partial charge >= 0.3 is 0 Å². The Morgan fingerprint density at radius 3 is 2.40 bits per heavy atom. The maximum absolute atomic E-state index is 12.0. The smallest absolute Gasteiger partial charge is 0.240 e. The second-order valence-electron chi connectivity index (χ2n) is 4.81. The van der Waals surface area contributed by atoms with Crippen molar-refractivity contribution in [2.24, 2.45) is 11.1 Å². The largest absolute Gasteiger partial charge is 0.330 e. The van der Waals surface area contributed by atoms with E-state index in [1.165, 1.54) is 0 Å². The van der Waals surface area contributed by atoms with Gasteiger partial charge in [-0.1, -0.05) is 33.6 Å². The number of terminal acetylenes is 1. The lowest BCUT2D eigenvalue weighted by Gasteiger charge is -2.31. The van der Waals surface area contributed by atoms with Gasteiger partial charge < -0.3 is 10.6 Å². The van der Waals surface area contributed by atoms with Crippen LogP contribution in [0.5, 0.6) is 0 Å². The molecular weight excluding hydrogens is 188 g/mol. The second kappa shape index (κ2) is 5.77. The SMILES string of the molecule is C#CCN(CCC)C(=O)[C@H](N)C(C)(C)C. The first-order valence-electron chi connectivity index (χ1n) is 5.32. The highest BCUT2D eigenvalue weighted by molar-refractivity contribution is 5.82. The van der Waals surface area contributed by atoms with Gasteiger partial charge in [0.2, 0.25) is 5.91 Å². The van der Waals surface area contributed by atoms with E-state index in [-0.39, 0.29) is 11.3 Å². The lowest BCUT2D eigenvalue weighted by Crippen LogP contribution is -2.50. The number of carbonyl (C=O) groups is 1. The van der Waals surface area contributed by atoms with Gasteiger partial charge in [-0.05, 0) is 11.8 Å². The lowest BCUT2D eigenvalue weighted by atomic mass is 9.86. The van der Waals surface area contributed by atoms with E-state index in [4.69, 9.17) is 12.2 Å². The van der Waals surface area contributed by atoms with Crippen molar-refractivity contribution in [2.75, 3.05) is 13.1 Å². The third-order valence-electron chi connectivity index (χ3n) is 2.29. The van der Waals surface area contributed by atoms with Crippen LogP contribution in [0, 0.1) is 17.8 Å². The molecule has 0 unspecified atom stereocenters. The molecule has 15 heavy (non-hydrogen) atoms. The van der Waals surface area contributed by atoms with E-state index in [2.05, 4.69) is 5.92 Å². The molecule has 3 heteroatoms. The molecule has 0 aromatic rings. The molecule has 1 amide bonds. The third kappa shape index (κ3) is 4.35. The summed E-state index contributed by atoms with van der Waals surface area (Å²) in [6.07, 6.45) is 6.12. The van der Waals surface area contributed by atoms with Crippen LogP contribution < -0.4 is 5.73 Å². The zero-order valence-electron chi connectivity index (χ0n) is 10.2. The summed E-state index contributed by atoms with van der Waals surface area (Å²) in [5, 5.41) is 0. The van der Waals surface area contributed by atoms with Gasteiger partial charge in [-0.3, -0.25) is 4.79 Å². The van der Waals surface area contributed by atoms with Gasteiger partial charge in [-0.2, -0.15) is 0 Å². The van der Waals surface area contributed by atoms with Crippen molar-refractivity contribution in [3.05, 3.63) is 0 Å². The van der Waals surface area contributed by atoms with Gasteiger partial charge in [0.1, 0.15) is 0 Å². The summed E-state index contributed by atoms with van der Waals surface area (Å²) in [5.74, 6) is 2.44. The predicted octanol–water partition coefficient (Wildman–Crippen LogP) is 1.23. The first kappa shape index (κ1) is 14.0. The number of amides is 1. The number of nitrogens with zero attached hydrogens (tertiary/aromatic N) is 1. The Bertz CT molecular complexity index is 247. The fraction of sp³-hybridized carbons (Fsp3) is 0.750. The summed E-state index contributed by atoms with van der Waals surface area (Å²) in [4.78, 5) is 13.6. The Kier molecular flexibility index (Phi) is 5.38. The fourth-order valence-electron chi connectivity index (χ4n) is 1.21. The van der Waals surface area contributed by atoms with Crippen LogP contribution in [0.1, 0.15) is 34.1 Å². The Labute approximate surface area is 93.0 Å². The summed E-state index contributed by atoms with van der Waals surface area (Å²) >= 11 is 0. The van der Waals surface area contributed by atoms with Gasteiger partial charge in [0.05, 0.1) is 12.6 Å². The normalized spacial score (nSPS) is 13.1. The Morgan fingerprint density at radius 1 is 1.53 bits per heavy atom. The first-order valence-corrected chi connectivity index (χ1v) is 5.32. The van der Waals surface area contributed by atoms with E-state index < -0.39 is 6.04 Å². The molecule has 0 spiro atoms. The van der Waals surface area contributed by atoms with Gasteiger partial charge in [0.25, 0.3) is 0 Å². The van der Waals surface area contributed by atoms with Gasteiger partial charge in [-0.25, -0.2) is 0 Å². The Balaban J connectivity index is 4.57. The van der Waals surface area contributed by atoms with Crippen molar-refractivity contribution in [2.45, 2.75) is 40.2 Å². The maximum atomic E-state index is 12.0. The highest BCUT2D eigenvalue weighted by Gasteiger charge is 2.30. The molecule has 86 valence electrons. The van der Waals surface area contributed by atoms with Gasteiger partial charge in [0, 0.05) is 6.54 Å². The van der Waals surface area contributed by atoms with E-state index in [1.54, 1.807) is 4.90 Å². The van der Waals surface area contributed by atoms with E-state index in [0.717, 1.165) is 6.42 Å². The minimum Gasteiger partial charge on any atom is -0.330 e. The van der Waals surface area contributed by atoms with Crippen molar-refractivity contribution in [1.82, 2.24) is 4.90 Å². The van der Waals surface area contributed by atoms with Crippen LogP contribution >= 0.6 is 0 Å². The average molecular weight is 210 g/mol. The summed E-state index contributed by atoms with van der Waals surface area (Å²) in [7, 11) is 0. The molecule has 0 heterocycles. The van der Waals surface area contributed by atoms with Gasteiger partial charge in [0.15, 0.2) is 0 Å². The molecule has 0 aliphatic rings. The summed E-state index contributed by atoms with van der Waals surface area (Å²) in [5.41, 5.74) is 5.67. The summed E-state index contributed by atoms with van der Waals surface area (Å²) in [6, 6.07) is -0.489. The summed E-state index contributed by atoms with van der Waals surface area (Å²) < 4.78 is 0. The molecule has 0 bridgehead atoms. The predicted molar refractivity (Wildman–Crippen MR) is 63.1 cm³/mol. The fourth-order valence-corrected chi connectivity index (χ4v) is 1.21. The molecule has 0 radical (unpaired) electrons. The summed E-state index contributed by atoms with van der Waals surface area (Å²) in [6.45, 7) is 8.89. The van der Waals surface area contributed by atoms with Crippen molar-refractivity contribution < 1.29 is 4.79 Å². The topological polar surface area (TPSA) is 46.3 Å². The van der Waals surface area contributed by atoms with Crippen molar-refractivity contribution in [3.8, 4) is 12.3 Å². The van der Waals surface area contributed by atoms with Crippen LogP contribution in [0.4, 0.5) is 0 Å².